The normalized spacial score (nSPS) is 12.3. The first-order chi connectivity index (χ1) is 17.6. The highest BCUT2D eigenvalue weighted by Crippen LogP contribution is 2.20. The Morgan fingerprint density at radius 3 is 2.51 bits per heavy atom. The molecule has 0 aliphatic rings. The van der Waals surface area contributed by atoms with Crippen molar-refractivity contribution in [1.29, 1.82) is 0 Å². The van der Waals surface area contributed by atoms with Crippen LogP contribution in [0.15, 0.2) is 44.6 Å². The van der Waals surface area contributed by atoms with Gasteiger partial charge in [0.2, 0.25) is 0 Å². The molecule has 0 aliphatic carbocycles. The fraction of sp³-hybridized carbons (Fsp3) is 0.500. The van der Waals surface area contributed by atoms with E-state index in [9.17, 15) is 14.4 Å². The maximum atomic E-state index is 13.0. The molecule has 0 atom stereocenters. The van der Waals surface area contributed by atoms with Crippen LogP contribution in [0, 0.1) is 5.92 Å². The number of rotatable bonds is 14. The summed E-state index contributed by atoms with van der Waals surface area (Å²) in [5, 5.41) is 0. The number of hydrogen-bond acceptors (Lipinski definition) is 7. The Hall–Kier alpha value is -2.72. The van der Waals surface area contributed by atoms with Crippen LogP contribution >= 0.6 is 27.5 Å². The molecule has 0 saturated heterocycles. The average molecular weight is 598 g/mol. The Morgan fingerprint density at radius 2 is 1.89 bits per heavy atom. The van der Waals surface area contributed by atoms with Crippen LogP contribution in [0.5, 0.6) is 0 Å². The first-order valence-corrected chi connectivity index (χ1v) is 13.4. The number of carbonyl (C=O) groups is 1. The van der Waals surface area contributed by atoms with Gasteiger partial charge in [-0.15, -0.1) is 11.6 Å². The zero-order chi connectivity index (χ0) is 27.5. The number of ether oxygens (including phenoxy) is 2. The fourth-order valence-corrected chi connectivity index (χ4v) is 3.91. The lowest BCUT2D eigenvalue weighted by Crippen LogP contribution is -2.40. The van der Waals surface area contributed by atoms with Crippen LogP contribution in [0.1, 0.15) is 51.4 Å². The Kier molecular flexibility index (Phi) is 12.3. The molecule has 9 nitrogen and oxygen atoms in total. The van der Waals surface area contributed by atoms with Crippen molar-refractivity contribution in [1.82, 2.24) is 19.1 Å². The van der Waals surface area contributed by atoms with E-state index in [2.05, 4.69) is 27.5 Å². The van der Waals surface area contributed by atoms with E-state index < -0.39 is 11.2 Å². The molecule has 0 saturated carbocycles. The van der Waals surface area contributed by atoms with Crippen molar-refractivity contribution in [2.24, 2.45) is 13.0 Å². The van der Waals surface area contributed by atoms with Gasteiger partial charge in [-0.3, -0.25) is 18.7 Å². The SMILES string of the molecule is C=C/C(Br)=C(\C=C/CCl)OCc1nc2c(nc1CCCCCOC(C)=O)c(=O)n(C)c(=O)n2CC(C)C. The predicted octanol–water partition coefficient (Wildman–Crippen LogP) is 4.53. The van der Waals surface area contributed by atoms with Gasteiger partial charge in [0.15, 0.2) is 11.2 Å². The topological polar surface area (TPSA) is 105 Å². The predicted molar refractivity (Wildman–Crippen MR) is 149 cm³/mol. The Bertz CT molecular complexity index is 1300. The summed E-state index contributed by atoms with van der Waals surface area (Å²) < 4.78 is 14.2. The Balaban J connectivity index is 2.52. The van der Waals surface area contributed by atoms with E-state index >= 15 is 0 Å². The lowest BCUT2D eigenvalue weighted by Gasteiger charge is -2.16. The van der Waals surface area contributed by atoms with Gasteiger partial charge in [-0.05, 0) is 53.6 Å². The second-order valence-corrected chi connectivity index (χ2v) is 10.0. The first-order valence-electron chi connectivity index (χ1n) is 12.1. The van der Waals surface area contributed by atoms with Crippen molar-refractivity contribution in [2.45, 2.75) is 59.6 Å². The molecule has 0 radical (unpaired) electrons. The molecular formula is C26H34BrClN4O5. The largest absolute Gasteiger partial charge is 0.486 e. The lowest BCUT2D eigenvalue weighted by atomic mass is 10.1. The number of allylic oxidation sites excluding steroid dienone is 4. The van der Waals surface area contributed by atoms with Crippen molar-refractivity contribution in [3.8, 4) is 0 Å². The van der Waals surface area contributed by atoms with Crippen molar-refractivity contribution in [3.63, 3.8) is 0 Å². The summed E-state index contributed by atoms with van der Waals surface area (Å²) in [4.78, 5) is 46.3. The highest BCUT2D eigenvalue weighted by molar-refractivity contribution is 9.11. The monoisotopic (exact) mass is 596 g/mol. The average Bonchev–Trinajstić information content (AvgIpc) is 2.86. The van der Waals surface area contributed by atoms with Gasteiger partial charge in [0, 0.05) is 26.4 Å². The minimum absolute atomic E-state index is 0.0572. The van der Waals surface area contributed by atoms with E-state index in [0.717, 1.165) is 17.4 Å². The quantitative estimate of drug-likeness (QED) is 0.104. The maximum Gasteiger partial charge on any atom is 0.332 e. The number of alkyl halides is 1. The Labute approximate surface area is 230 Å². The third-order valence-electron chi connectivity index (χ3n) is 5.36. The first kappa shape index (κ1) is 30.5. The van der Waals surface area contributed by atoms with E-state index in [1.54, 1.807) is 18.2 Å². The number of esters is 1. The van der Waals surface area contributed by atoms with Gasteiger partial charge in [0.05, 0.1) is 16.8 Å². The number of carbonyl (C=O) groups excluding carboxylic acids is 1. The van der Waals surface area contributed by atoms with Gasteiger partial charge < -0.3 is 9.47 Å². The van der Waals surface area contributed by atoms with Crippen molar-refractivity contribution < 1.29 is 14.3 Å². The molecule has 2 aromatic heterocycles. The molecule has 202 valence electrons. The molecule has 0 spiro atoms. The molecule has 2 rings (SSSR count). The van der Waals surface area contributed by atoms with Crippen LogP contribution in [0.2, 0.25) is 0 Å². The molecular weight excluding hydrogens is 564 g/mol. The van der Waals surface area contributed by atoms with Gasteiger partial charge in [0.25, 0.3) is 5.56 Å². The third-order valence-corrected chi connectivity index (χ3v) is 6.25. The summed E-state index contributed by atoms with van der Waals surface area (Å²) >= 11 is 9.22. The van der Waals surface area contributed by atoms with Crippen molar-refractivity contribution in [2.75, 3.05) is 12.5 Å². The summed E-state index contributed by atoms with van der Waals surface area (Å²) in [5.74, 6) is 0.661. The standard InChI is InChI=1S/C26H34BrClN4O5/c1-6-19(27)22(12-10-13-28)37-16-21-20(11-8-7-9-14-36-18(4)33)29-23-24(30-21)32(15-17(2)3)26(35)31(5)25(23)34/h6,10,12,17H,1,7-9,11,13-16H2,2-5H3/b12-10-,22-19-. The molecule has 0 amide bonds. The zero-order valence-electron chi connectivity index (χ0n) is 21.8. The van der Waals surface area contributed by atoms with E-state index in [1.165, 1.54) is 18.5 Å². The van der Waals surface area contributed by atoms with Gasteiger partial charge >= 0.3 is 11.7 Å². The number of unbranched alkanes of at least 4 members (excludes halogenated alkanes) is 2. The third kappa shape index (κ3) is 8.67. The summed E-state index contributed by atoms with van der Waals surface area (Å²) in [5.41, 5.74) is 0.595. The Morgan fingerprint density at radius 1 is 1.16 bits per heavy atom. The molecule has 2 heterocycles. The number of nitrogens with zero attached hydrogens (tertiary/aromatic N) is 4. The molecule has 0 unspecified atom stereocenters. The van der Waals surface area contributed by atoms with Crippen LogP contribution in [0.3, 0.4) is 0 Å². The van der Waals surface area contributed by atoms with Gasteiger partial charge in [0.1, 0.15) is 18.1 Å². The fourth-order valence-electron chi connectivity index (χ4n) is 3.57. The summed E-state index contributed by atoms with van der Waals surface area (Å²) in [7, 11) is 1.45. The molecule has 0 aromatic carbocycles. The number of aryl methyl sites for hydroxylation is 1. The molecule has 2 aromatic rings. The number of hydrogen-bond donors (Lipinski definition) is 0. The van der Waals surface area contributed by atoms with Crippen LogP contribution < -0.4 is 11.2 Å². The lowest BCUT2D eigenvalue weighted by molar-refractivity contribution is -0.141. The smallest absolute Gasteiger partial charge is 0.332 e. The molecule has 37 heavy (non-hydrogen) atoms. The highest BCUT2D eigenvalue weighted by Gasteiger charge is 2.19. The van der Waals surface area contributed by atoms with Crippen LogP contribution in [-0.2, 0) is 40.9 Å². The zero-order valence-corrected chi connectivity index (χ0v) is 24.1. The van der Waals surface area contributed by atoms with Gasteiger partial charge in [-0.1, -0.05) is 32.6 Å². The summed E-state index contributed by atoms with van der Waals surface area (Å²) in [6, 6.07) is 0. The molecule has 0 N–H and O–H groups in total. The van der Waals surface area contributed by atoms with Crippen molar-refractivity contribution in [3.05, 3.63) is 67.3 Å². The van der Waals surface area contributed by atoms with E-state index in [0.29, 0.717) is 53.5 Å². The van der Waals surface area contributed by atoms with Crippen LogP contribution in [0.4, 0.5) is 0 Å². The highest BCUT2D eigenvalue weighted by atomic mass is 79.9. The molecule has 0 fully saturated rings. The second kappa shape index (κ2) is 14.9. The van der Waals surface area contributed by atoms with Gasteiger partial charge in [-0.2, -0.15) is 0 Å². The maximum absolute atomic E-state index is 13.0. The van der Waals surface area contributed by atoms with Crippen molar-refractivity contribution >= 4 is 44.7 Å². The van der Waals surface area contributed by atoms with Gasteiger partial charge in [-0.25, -0.2) is 14.8 Å². The minimum atomic E-state index is -0.490. The van der Waals surface area contributed by atoms with E-state index in [-0.39, 0.29) is 29.7 Å². The molecule has 11 heteroatoms. The molecule has 0 bridgehead atoms. The minimum Gasteiger partial charge on any atom is -0.486 e. The van der Waals surface area contributed by atoms with E-state index in [1.807, 2.05) is 13.8 Å². The number of halogens is 2. The second-order valence-electron chi connectivity index (χ2n) is 8.85. The van der Waals surface area contributed by atoms with E-state index in [4.69, 9.17) is 26.1 Å². The van der Waals surface area contributed by atoms with Crippen LogP contribution in [0.25, 0.3) is 11.2 Å². The summed E-state index contributed by atoms with van der Waals surface area (Å²) in [6.45, 7) is 9.91. The molecule has 0 aliphatic heterocycles. The number of aromatic nitrogens is 4. The van der Waals surface area contributed by atoms with Crippen LogP contribution in [-0.4, -0.2) is 37.6 Å². The number of fused-ring (bicyclic) bond motifs is 1. The summed E-state index contributed by atoms with van der Waals surface area (Å²) in [6.07, 6.45) is 7.86.